The van der Waals surface area contributed by atoms with E-state index in [2.05, 4.69) is 22.7 Å². The van der Waals surface area contributed by atoms with Gasteiger partial charge in [-0.25, -0.2) is 10.9 Å². The number of nitrogens with zero attached hydrogens (tertiary/aromatic N) is 1. The Balaban J connectivity index is 2.29. The molecule has 4 nitrogen and oxygen atoms in total. The number of rotatable bonds is 2. The predicted molar refractivity (Wildman–Crippen MR) is 38.9 cm³/mol. The Labute approximate surface area is 61.5 Å². The second-order valence-electron chi connectivity index (χ2n) is 2.49. The SMILES string of the molecule is CCN(C)C1NNC(C)O1. The van der Waals surface area contributed by atoms with Crippen LogP contribution in [0, 0.1) is 0 Å². The van der Waals surface area contributed by atoms with Crippen molar-refractivity contribution in [2.75, 3.05) is 13.6 Å². The lowest BCUT2D eigenvalue weighted by atomic mass is 10.6. The Morgan fingerprint density at radius 3 is 2.60 bits per heavy atom. The van der Waals surface area contributed by atoms with Gasteiger partial charge in [0.25, 0.3) is 0 Å². The Kier molecular flexibility index (Phi) is 2.62. The molecule has 0 radical (unpaired) electrons. The van der Waals surface area contributed by atoms with Crippen molar-refractivity contribution in [2.24, 2.45) is 0 Å². The highest BCUT2D eigenvalue weighted by atomic mass is 16.6. The molecular formula is C6H15N3O. The molecule has 10 heavy (non-hydrogen) atoms. The molecule has 2 N–H and O–H groups in total. The van der Waals surface area contributed by atoms with E-state index in [9.17, 15) is 0 Å². The summed E-state index contributed by atoms with van der Waals surface area (Å²) in [7, 11) is 2.01. The number of ether oxygens (including phenoxy) is 1. The van der Waals surface area contributed by atoms with Crippen molar-refractivity contribution in [2.45, 2.75) is 26.4 Å². The highest BCUT2D eigenvalue weighted by Gasteiger charge is 2.22. The molecule has 0 amide bonds. The minimum Gasteiger partial charge on any atom is -0.329 e. The minimum atomic E-state index is 0.0278. The molecule has 1 rings (SSSR count). The van der Waals surface area contributed by atoms with Crippen molar-refractivity contribution in [3.05, 3.63) is 0 Å². The van der Waals surface area contributed by atoms with Crippen molar-refractivity contribution in [3.63, 3.8) is 0 Å². The quantitative estimate of drug-likeness (QED) is 0.559. The maximum Gasteiger partial charge on any atom is 0.180 e. The Morgan fingerprint density at radius 1 is 1.50 bits per heavy atom. The zero-order chi connectivity index (χ0) is 7.56. The van der Waals surface area contributed by atoms with E-state index in [0.717, 1.165) is 6.54 Å². The first kappa shape index (κ1) is 7.94. The molecule has 0 aromatic rings. The van der Waals surface area contributed by atoms with Gasteiger partial charge in [0.2, 0.25) is 0 Å². The van der Waals surface area contributed by atoms with Crippen molar-refractivity contribution in [1.29, 1.82) is 0 Å². The molecule has 1 aliphatic heterocycles. The summed E-state index contributed by atoms with van der Waals surface area (Å²) >= 11 is 0. The fraction of sp³-hybridized carbons (Fsp3) is 1.00. The molecule has 2 unspecified atom stereocenters. The average Bonchev–Trinajstić information content (AvgIpc) is 2.34. The molecule has 0 spiro atoms. The Morgan fingerprint density at radius 2 is 2.20 bits per heavy atom. The van der Waals surface area contributed by atoms with Crippen LogP contribution in [0.2, 0.25) is 0 Å². The summed E-state index contributed by atoms with van der Waals surface area (Å²) < 4.78 is 5.42. The van der Waals surface area contributed by atoms with E-state index in [4.69, 9.17) is 4.74 Å². The van der Waals surface area contributed by atoms with Crippen molar-refractivity contribution < 1.29 is 4.74 Å². The summed E-state index contributed by atoms with van der Waals surface area (Å²) in [5.41, 5.74) is 5.98. The Bertz CT molecular complexity index is 109. The average molecular weight is 145 g/mol. The Hall–Kier alpha value is -0.160. The normalized spacial score (nSPS) is 33.6. The van der Waals surface area contributed by atoms with Gasteiger partial charge in [-0.15, -0.1) is 0 Å². The van der Waals surface area contributed by atoms with E-state index in [1.807, 2.05) is 14.0 Å². The van der Waals surface area contributed by atoms with Crippen LogP contribution in [0.15, 0.2) is 0 Å². The van der Waals surface area contributed by atoms with Crippen molar-refractivity contribution in [3.8, 4) is 0 Å². The first-order valence-corrected chi connectivity index (χ1v) is 3.60. The third-order valence-corrected chi connectivity index (χ3v) is 1.64. The zero-order valence-electron chi connectivity index (χ0n) is 6.72. The zero-order valence-corrected chi connectivity index (χ0v) is 6.72. The van der Waals surface area contributed by atoms with Gasteiger partial charge in [0.1, 0.15) is 6.23 Å². The van der Waals surface area contributed by atoms with Crippen molar-refractivity contribution in [1.82, 2.24) is 15.8 Å². The maximum absolute atomic E-state index is 5.42. The van der Waals surface area contributed by atoms with Gasteiger partial charge in [-0.1, -0.05) is 6.92 Å². The lowest BCUT2D eigenvalue weighted by Gasteiger charge is -2.20. The van der Waals surface area contributed by atoms with Crippen LogP contribution in [-0.2, 0) is 4.74 Å². The van der Waals surface area contributed by atoms with Crippen LogP contribution in [0.3, 0.4) is 0 Å². The number of hydrogen-bond donors (Lipinski definition) is 2. The molecule has 1 aliphatic rings. The van der Waals surface area contributed by atoms with Crippen LogP contribution in [0.4, 0.5) is 0 Å². The monoisotopic (exact) mass is 145 g/mol. The largest absolute Gasteiger partial charge is 0.329 e. The first-order chi connectivity index (χ1) is 4.74. The van der Waals surface area contributed by atoms with E-state index in [1.165, 1.54) is 0 Å². The summed E-state index contributed by atoms with van der Waals surface area (Å²) in [6.45, 7) is 5.04. The standard InChI is InChI=1S/C6H15N3O/c1-4-9(3)6-8-7-5(2)10-6/h5-8H,4H2,1-3H3. The van der Waals surface area contributed by atoms with Gasteiger partial charge in [-0.2, -0.15) is 0 Å². The van der Waals surface area contributed by atoms with Gasteiger partial charge < -0.3 is 4.74 Å². The summed E-state index contributed by atoms with van der Waals surface area (Å²) in [5.74, 6) is 0. The second-order valence-corrected chi connectivity index (χ2v) is 2.49. The van der Waals surface area contributed by atoms with Crippen LogP contribution in [-0.4, -0.2) is 31.1 Å². The van der Waals surface area contributed by atoms with E-state index in [-0.39, 0.29) is 12.6 Å². The second kappa shape index (κ2) is 3.30. The van der Waals surface area contributed by atoms with Gasteiger partial charge in [-0.3, -0.25) is 4.90 Å². The van der Waals surface area contributed by atoms with Crippen LogP contribution >= 0.6 is 0 Å². The molecule has 2 atom stereocenters. The molecule has 0 bridgehead atoms. The van der Waals surface area contributed by atoms with Gasteiger partial charge in [0.15, 0.2) is 6.35 Å². The van der Waals surface area contributed by atoms with Gasteiger partial charge in [0, 0.05) is 0 Å². The topological polar surface area (TPSA) is 36.5 Å². The fourth-order valence-electron chi connectivity index (χ4n) is 0.830. The fourth-order valence-corrected chi connectivity index (χ4v) is 0.830. The lowest BCUT2D eigenvalue weighted by molar-refractivity contribution is -0.0440. The number of hydrogen-bond acceptors (Lipinski definition) is 4. The lowest BCUT2D eigenvalue weighted by Crippen LogP contribution is -2.42. The first-order valence-electron chi connectivity index (χ1n) is 3.60. The summed E-state index contributed by atoms with van der Waals surface area (Å²) in [6.07, 6.45) is 0.138. The molecule has 0 aromatic heterocycles. The van der Waals surface area contributed by atoms with Gasteiger partial charge in [0.05, 0.1) is 0 Å². The van der Waals surface area contributed by atoms with Gasteiger partial charge >= 0.3 is 0 Å². The molecular weight excluding hydrogens is 130 g/mol. The van der Waals surface area contributed by atoms with Crippen LogP contribution in [0.1, 0.15) is 13.8 Å². The predicted octanol–water partition coefficient (Wildman–Crippen LogP) is -0.308. The summed E-state index contributed by atoms with van der Waals surface area (Å²) in [6, 6.07) is 0. The highest BCUT2D eigenvalue weighted by molar-refractivity contribution is 4.60. The molecule has 4 heteroatoms. The molecule has 0 aliphatic carbocycles. The smallest absolute Gasteiger partial charge is 0.180 e. The minimum absolute atomic E-state index is 0.0278. The molecule has 0 saturated carbocycles. The maximum atomic E-state index is 5.42. The highest BCUT2D eigenvalue weighted by Crippen LogP contribution is 2.01. The summed E-state index contributed by atoms with van der Waals surface area (Å²) in [4.78, 5) is 2.08. The summed E-state index contributed by atoms with van der Waals surface area (Å²) in [5, 5.41) is 0. The van der Waals surface area contributed by atoms with Crippen molar-refractivity contribution >= 4 is 0 Å². The van der Waals surface area contributed by atoms with E-state index >= 15 is 0 Å². The van der Waals surface area contributed by atoms with E-state index in [1.54, 1.807) is 0 Å². The number of nitrogens with one attached hydrogen (secondary N) is 2. The van der Waals surface area contributed by atoms with Crippen LogP contribution < -0.4 is 10.9 Å². The van der Waals surface area contributed by atoms with Gasteiger partial charge in [-0.05, 0) is 20.5 Å². The van der Waals surface area contributed by atoms with Crippen LogP contribution in [0.25, 0.3) is 0 Å². The van der Waals surface area contributed by atoms with E-state index < -0.39 is 0 Å². The molecule has 0 aromatic carbocycles. The van der Waals surface area contributed by atoms with E-state index in [0.29, 0.717) is 0 Å². The third-order valence-electron chi connectivity index (χ3n) is 1.64. The molecule has 1 heterocycles. The molecule has 1 fully saturated rings. The van der Waals surface area contributed by atoms with Crippen LogP contribution in [0.5, 0.6) is 0 Å². The number of hydrazine groups is 1. The molecule has 1 saturated heterocycles. The molecule has 60 valence electrons. The third kappa shape index (κ3) is 1.67.